The summed E-state index contributed by atoms with van der Waals surface area (Å²) in [6.45, 7) is 6.59. The maximum Gasteiger partial charge on any atom is 0.185 e. The summed E-state index contributed by atoms with van der Waals surface area (Å²) in [6.07, 6.45) is 1.22. The fraction of sp³-hybridized carbons (Fsp3) is 0.750. The summed E-state index contributed by atoms with van der Waals surface area (Å²) in [5, 5.41) is 6.49. The van der Waals surface area contributed by atoms with E-state index in [1.165, 1.54) is 18.1 Å². The Labute approximate surface area is 108 Å². The number of rotatable bonds is 3. The molecule has 2 heterocycles. The van der Waals surface area contributed by atoms with Gasteiger partial charge in [-0.25, -0.2) is 4.98 Å². The smallest absolute Gasteiger partial charge is 0.185 e. The van der Waals surface area contributed by atoms with Crippen LogP contribution in [0.4, 0.5) is 5.13 Å². The normalized spacial score (nSPS) is 22.8. The van der Waals surface area contributed by atoms with Crippen LogP contribution in [0.15, 0.2) is 5.38 Å². The third-order valence-electron chi connectivity index (χ3n) is 3.19. The van der Waals surface area contributed by atoms with Gasteiger partial charge >= 0.3 is 0 Å². The Morgan fingerprint density at radius 1 is 1.53 bits per heavy atom. The molecule has 1 N–H and O–H groups in total. The van der Waals surface area contributed by atoms with Crippen LogP contribution in [-0.4, -0.2) is 49.7 Å². The summed E-state index contributed by atoms with van der Waals surface area (Å²) < 4.78 is 0. The Bertz CT molecular complexity index is 352. The van der Waals surface area contributed by atoms with Gasteiger partial charge in [-0.3, -0.25) is 0 Å². The first-order chi connectivity index (χ1) is 8.20. The molecule has 1 aliphatic heterocycles. The molecule has 0 bridgehead atoms. The predicted molar refractivity (Wildman–Crippen MR) is 73.8 cm³/mol. The molecule has 0 amide bonds. The molecule has 1 fully saturated rings. The molecule has 1 aromatic heterocycles. The first-order valence-corrected chi connectivity index (χ1v) is 7.13. The molecular weight excluding hydrogens is 232 g/mol. The summed E-state index contributed by atoms with van der Waals surface area (Å²) in [7, 11) is 4.16. The highest BCUT2D eigenvalue weighted by atomic mass is 32.1. The van der Waals surface area contributed by atoms with Crippen molar-refractivity contribution in [2.24, 2.45) is 0 Å². The first-order valence-electron chi connectivity index (χ1n) is 6.25. The van der Waals surface area contributed by atoms with E-state index in [4.69, 9.17) is 4.98 Å². The second-order valence-electron chi connectivity index (χ2n) is 4.81. The van der Waals surface area contributed by atoms with Crippen molar-refractivity contribution in [2.45, 2.75) is 25.9 Å². The number of nitrogens with one attached hydrogen (secondary N) is 1. The highest BCUT2D eigenvalue weighted by molar-refractivity contribution is 7.13. The lowest BCUT2D eigenvalue weighted by Crippen LogP contribution is -2.37. The monoisotopic (exact) mass is 254 g/mol. The number of thiazole rings is 1. The number of aromatic nitrogens is 1. The fourth-order valence-electron chi connectivity index (χ4n) is 2.35. The van der Waals surface area contributed by atoms with Crippen LogP contribution in [-0.2, 0) is 6.54 Å². The second kappa shape index (κ2) is 5.80. The molecule has 96 valence electrons. The zero-order valence-corrected chi connectivity index (χ0v) is 11.8. The van der Waals surface area contributed by atoms with E-state index < -0.39 is 0 Å². The molecule has 17 heavy (non-hydrogen) atoms. The lowest BCUT2D eigenvalue weighted by molar-refractivity contribution is 0.337. The van der Waals surface area contributed by atoms with E-state index in [-0.39, 0.29) is 0 Å². The van der Waals surface area contributed by atoms with Gasteiger partial charge in [0, 0.05) is 31.1 Å². The minimum absolute atomic E-state index is 0.552. The highest BCUT2D eigenvalue weighted by Gasteiger charge is 2.21. The van der Waals surface area contributed by atoms with Crippen molar-refractivity contribution in [1.82, 2.24) is 15.2 Å². The molecule has 0 saturated carbocycles. The topological polar surface area (TPSA) is 31.4 Å². The van der Waals surface area contributed by atoms with E-state index >= 15 is 0 Å². The van der Waals surface area contributed by atoms with Crippen molar-refractivity contribution in [3.05, 3.63) is 11.1 Å². The SMILES string of the molecule is CNCc1csc(N2CCCN(C)CC2C)n1. The molecule has 1 unspecified atom stereocenters. The van der Waals surface area contributed by atoms with E-state index in [1.807, 2.05) is 7.05 Å². The zero-order chi connectivity index (χ0) is 12.3. The molecule has 5 heteroatoms. The molecular formula is C12H22N4S. The maximum absolute atomic E-state index is 4.70. The van der Waals surface area contributed by atoms with Crippen molar-refractivity contribution in [1.29, 1.82) is 0 Å². The predicted octanol–water partition coefficient (Wildman–Crippen LogP) is 1.39. The van der Waals surface area contributed by atoms with Crippen LogP contribution in [0.25, 0.3) is 0 Å². The summed E-state index contributed by atoms with van der Waals surface area (Å²) >= 11 is 1.77. The highest BCUT2D eigenvalue weighted by Crippen LogP contribution is 2.24. The third-order valence-corrected chi connectivity index (χ3v) is 4.12. The van der Waals surface area contributed by atoms with Crippen molar-refractivity contribution >= 4 is 16.5 Å². The van der Waals surface area contributed by atoms with Crippen LogP contribution < -0.4 is 10.2 Å². The number of likely N-dealkylation sites (N-methyl/N-ethyl adjacent to an activating group) is 1. The molecule has 1 atom stereocenters. The van der Waals surface area contributed by atoms with Gasteiger partial charge in [0.05, 0.1) is 5.69 Å². The molecule has 0 spiro atoms. The van der Waals surface area contributed by atoms with Crippen LogP contribution in [0.1, 0.15) is 19.0 Å². The van der Waals surface area contributed by atoms with Gasteiger partial charge < -0.3 is 15.1 Å². The quantitative estimate of drug-likeness (QED) is 0.883. The van der Waals surface area contributed by atoms with E-state index in [0.717, 1.165) is 25.3 Å². The number of nitrogens with zero attached hydrogens (tertiary/aromatic N) is 3. The average Bonchev–Trinajstić information content (AvgIpc) is 2.66. The fourth-order valence-corrected chi connectivity index (χ4v) is 3.30. The summed E-state index contributed by atoms with van der Waals surface area (Å²) in [6, 6.07) is 0.552. The number of hydrogen-bond acceptors (Lipinski definition) is 5. The van der Waals surface area contributed by atoms with Gasteiger partial charge in [-0.2, -0.15) is 0 Å². The average molecular weight is 254 g/mol. The van der Waals surface area contributed by atoms with Crippen molar-refractivity contribution in [3.8, 4) is 0 Å². The maximum atomic E-state index is 4.70. The number of hydrogen-bond donors (Lipinski definition) is 1. The lowest BCUT2D eigenvalue weighted by atomic mass is 10.3. The van der Waals surface area contributed by atoms with Gasteiger partial charge in [-0.1, -0.05) is 0 Å². The van der Waals surface area contributed by atoms with Gasteiger partial charge in [0.1, 0.15) is 0 Å². The number of anilines is 1. The van der Waals surface area contributed by atoms with Gasteiger partial charge in [-0.15, -0.1) is 11.3 Å². The minimum Gasteiger partial charge on any atom is -0.344 e. The lowest BCUT2D eigenvalue weighted by Gasteiger charge is -2.27. The zero-order valence-electron chi connectivity index (χ0n) is 10.9. The Kier molecular flexibility index (Phi) is 4.36. The molecule has 0 radical (unpaired) electrons. The summed E-state index contributed by atoms with van der Waals surface area (Å²) in [4.78, 5) is 9.57. The molecule has 0 aliphatic carbocycles. The molecule has 1 aliphatic rings. The van der Waals surface area contributed by atoms with E-state index in [1.54, 1.807) is 11.3 Å². The van der Waals surface area contributed by atoms with Crippen LogP contribution in [0.5, 0.6) is 0 Å². The third kappa shape index (κ3) is 3.18. The van der Waals surface area contributed by atoms with Crippen LogP contribution >= 0.6 is 11.3 Å². The van der Waals surface area contributed by atoms with E-state index in [0.29, 0.717) is 6.04 Å². The van der Waals surface area contributed by atoms with E-state index in [9.17, 15) is 0 Å². The minimum atomic E-state index is 0.552. The van der Waals surface area contributed by atoms with Crippen LogP contribution in [0.3, 0.4) is 0 Å². The van der Waals surface area contributed by atoms with Crippen molar-refractivity contribution < 1.29 is 0 Å². The Morgan fingerprint density at radius 2 is 2.35 bits per heavy atom. The Balaban J connectivity index is 2.08. The summed E-state index contributed by atoms with van der Waals surface area (Å²) in [5.41, 5.74) is 1.15. The Morgan fingerprint density at radius 3 is 3.12 bits per heavy atom. The van der Waals surface area contributed by atoms with Gasteiger partial charge in [0.25, 0.3) is 0 Å². The van der Waals surface area contributed by atoms with Gasteiger partial charge in [-0.05, 0) is 34.0 Å². The molecule has 4 nitrogen and oxygen atoms in total. The van der Waals surface area contributed by atoms with Crippen LogP contribution in [0, 0.1) is 0 Å². The van der Waals surface area contributed by atoms with Crippen molar-refractivity contribution in [3.63, 3.8) is 0 Å². The van der Waals surface area contributed by atoms with E-state index in [2.05, 4.69) is 34.5 Å². The van der Waals surface area contributed by atoms with Crippen molar-refractivity contribution in [2.75, 3.05) is 38.6 Å². The molecule has 0 aromatic carbocycles. The largest absolute Gasteiger partial charge is 0.344 e. The molecule has 1 aromatic rings. The summed E-state index contributed by atoms with van der Waals surface area (Å²) in [5.74, 6) is 0. The Hall–Kier alpha value is -0.650. The molecule has 1 saturated heterocycles. The first kappa shape index (κ1) is 12.8. The standard InChI is InChI=1S/C12H22N4S/c1-10-8-15(3)5-4-6-16(10)12-14-11(7-13-2)9-17-12/h9-10,13H,4-8H2,1-3H3. The van der Waals surface area contributed by atoms with Gasteiger partial charge in [0.15, 0.2) is 5.13 Å². The van der Waals surface area contributed by atoms with Crippen LogP contribution in [0.2, 0.25) is 0 Å². The molecule has 2 rings (SSSR count). The van der Waals surface area contributed by atoms with Gasteiger partial charge in [0.2, 0.25) is 0 Å². The second-order valence-corrected chi connectivity index (χ2v) is 5.65.